The fraction of sp³-hybridized carbons (Fsp3) is 0.294. The second-order valence-corrected chi connectivity index (χ2v) is 6.54. The van der Waals surface area contributed by atoms with Crippen molar-refractivity contribution < 1.29 is 23.6 Å². The van der Waals surface area contributed by atoms with Gasteiger partial charge in [0.25, 0.3) is 0 Å². The van der Waals surface area contributed by atoms with Crippen molar-refractivity contribution in [2.45, 2.75) is 26.3 Å². The topological polar surface area (TPSA) is 110 Å². The number of carbonyl (C=O) groups is 2. The van der Waals surface area contributed by atoms with Crippen LogP contribution in [-0.4, -0.2) is 39.1 Å². The molecule has 0 fully saturated rings. The number of aryl methyl sites for hydroxylation is 2. The first-order valence-corrected chi connectivity index (χ1v) is 8.80. The van der Waals surface area contributed by atoms with E-state index in [0.29, 0.717) is 29.7 Å². The van der Waals surface area contributed by atoms with Gasteiger partial charge in [0.15, 0.2) is 0 Å². The van der Waals surface area contributed by atoms with Crippen LogP contribution in [-0.2, 0) is 17.8 Å². The Morgan fingerprint density at radius 2 is 2.19 bits per heavy atom. The zero-order chi connectivity index (χ0) is 18.7. The molecule has 0 bridgehead atoms. The molecular formula is C17H17N3O5S. The van der Waals surface area contributed by atoms with Crippen LogP contribution in [0.2, 0.25) is 0 Å². The Morgan fingerprint density at radius 1 is 1.38 bits per heavy atom. The van der Waals surface area contributed by atoms with E-state index in [2.05, 4.69) is 10.1 Å². The monoisotopic (exact) mass is 375 g/mol. The van der Waals surface area contributed by atoms with Gasteiger partial charge in [-0.25, -0.2) is 4.79 Å². The van der Waals surface area contributed by atoms with E-state index >= 15 is 0 Å². The number of furan rings is 1. The molecule has 3 heterocycles. The Kier molecular flexibility index (Phi) is 5.17. The molecule has 0 saturated carbocycles. The number of thiophene rings is 1. The Balaban J connectivity index is 1.54. The zero-order valence-electron chi connectivity index (χ0n) is 14.3. The number of amides is 1. The minimum atomic E-state index is -1.05. The quantitative estimate of drug-likeness (QED) is 0.676. The summed E-state index contributed by atoms with van der Waals surface area (Å²) in [5.74, 6) is 0.466. The van der Waals surface area contributed by atoms with Crippen molar-refractivity contribution in [2.24, 2.45) is 0 Å². The van der Waals surface area contributed by atoms with Gasteiger partial charge in [-0.2, -0.15) is 16.3 Å². The van der Waals surface area contributed by atoms with E-state index in [1.54, 1.807) is 25.3 Å². The largest absolute Gasteiger partial charge is 0.478 e. The molecule has 0 atom stereocenters. The molecule has 1 amide bonds. The van der Waals surface area contributed by atoms with Gasteiger partial charge in [-0.1, -0.05) is 5.16 Å². The van der Waals surface area contributed by atoms with Gasteiger partial charge < -0.3 is 18.9 Å². The second-order valence-electron chi connectivity index (χ2n) is 5.76. The van der Waals surface area contributed by atoms with Gasteiger partial charge in [0.2, 0.25) is 17.6 Å². The van der Waals surface area contributed by atoms with Crippen molar-refractivity contribution in [3.05, 3.63) is 45.9 Å². The lowest BCUT2D eigenvalue weighted by Crippen LogP contribution is -2.26. The van der Waals surface area contributed by atoms with E-state index in [0.717, 1.165) is 5.56 Å². The molecule has 26 heavy (non-hydrogen) atoms. The molecule has 1 N–H and O–H groups in total. The van der Waals surface area contributed by atoms with Crippen LogP contribution in [0.5, 0.6) is 0 Å². The number of rotatable bonds is 7. The number of carboxylic acids is 1. The molecule has 136 valence electrons. The van der Waals surface area contributed by atoms with Crippen molar-refractivity contribution in [3.8, 4) is 11.4 Å². The maximum atomic E-state index is 12.3. The number of nitrogens with zero attached hydrogens (tertiary/aromatic N) is 3. The fourth-order valence-corrected chi connectivity index (χ4v) is 3.06. The molecule has 0 radical (unpaired) electrons. The molecule has 0 aliphatic heterocycles. The molecule has 9 heteroatoms. The number of carboxylic acid groups (broad SMARTS) is 1. The summed E-state index contributed by atoms with van der Waals surface area (Å²) in [4.78, 5) is 29.0. The minimum Gasteiger partial charge on any atom is -0.478 e. The van der Waals surface area contributed by atoms with Crippen LogP contribution in [0, 0.1) is 6.92 Å². The van der Waals surface area contributed by atoms with Crippen molar-refractivity contribution in [1.29, 1.82) is 0 Å². The first-order valence-electron chi connectivity index (χ1n) is 7.85. The predicted molar refractivity (Wildman–Crippen MR) is 92.8 cm³/mol. The van der Waals surface area contributed by atoms with Crippen molar-refractivity contribution in [2.75, 3.05) is 7.05 Å². The Bertz CT molecular complexity index is 913. The maximum absolute atomic E-state index is 12.3. The van der Waals surface area contributed by atoms with Crippen molar-refractivity contribution >= 4 is 23.2 Å². The summed E-state index contributed by atoms with van der Waals surface area (Å²) in [5.41, 5.74) is 0.989. The lowest BCUT2D eigenvalue weighted by atomic mass is 10.2. The number of aromatic carboxylic acids is 1. The summed E-state index contributed by atoms with van der Waals surface area (Å²) in [7, 11) is 1.63. The van der Waals surface area contributed by atoms with Gasteiger partial charge in [0.05, 0.1) is 6.54 Å². The standard InChI is InChI=1S/C17H17N3O5S/c1-10-13(17(22)23)7-12(24-10)8-20(2)15(21)4-3-14-18-16(19-25-14)11-5-6-26-9-11/h5-7,9H,3-4,8H2,1-2H3,(H,22,23). The number of aromatic nitrogens is 2. The molecule has 0 saturated heterocycles. The lowest BCUT2D eigenvalue weighted by molar-refractivity contribution is -0.130. The molecule has 0 aliphatic rings. The average Bonchev–Trinajstić information content (AvgIpc) is 3.32. The predicted octanol–water partition coefficient (Wildman–Crippen LogP) is 2.99. The summed E-state index contributed by atoms with van der Waals surface area (Å²) in [6, 6.07) is 3.33. The summed E-state index contributed by atoms with van der Waals surface area (Å²) >= 11 is 1.54. The molecule has 0 aliphatic carbocycles. The molecule has 8 nitrogen and oxygen atoms in total. The zero-order valence-corrected chi connectivity index (χ0v) is 15.1. The molecule has 3 aromatic rings. The summed E-state index contributed by atoms with van der Waals surface area (Å²) in [6.45, 7) is 1.77. The van der Waals surface area contributed by atoms with Crippen molar-refractivity contribution in [3.63, 3.8) is 0 Å². The summed E-state index contributed by atoms with van der Waals surface area (Å²) in [6.07, 6.45) is 0.533. The van der Waals surface area contributed by atoms with E-state index in [1.165, 1.54) is 11.0 Å². The van der Waals surface area contributed by atoms with Crippen LogP contribution >= 0.6 is 11.3 Å². The summed E-state index contributed by atoms with van der Waals surface area (Å²) in [5, 5.41) is 16.8. The molecule has 0 aromatic carbocycles. The molecule has 0 spiro atoms. The first kappa shape index (κ1) is 17.9. The highest BCUT2D eigenvalue weighted by Gasteiger charge is 2.18. The Labute approximate surface area is 153 Å². The van der Waals surface area contributed by atoms with E-state index in [-0.39, 0.29) is 24.4 Å². The Morgan fingerprint density at radius 3 is 2.85 bits per heavy atom. The smallest absolute Gasteiger partial charge is 0.339 e. The van der Waals surface area contributed by atoms with E-state index in [4.69, 9.17) is 14.0 Å². The van der Waals surface area contributed by atoms with Gasteiger partial charge in [-0.15, -0.1) is 0 Å². The van der Waals surface area contributed by atoms with Gasteiger partial charge in [-0.3, -0.25) is 4.79 Å². The summed E-state index contributed by atoms with van der Waals surface area (Å²) < 4.78 is 10.6. The van der Waals surface area contributed by atoms with Crippen molar-refractivity contribution in [1.82, 2.24) is 15.0 Å². The SMILES string of the molecule is Cc1oc(CN(C)C(=O)CCc2nc(-c3ccsc3)no2)cc1C(=O)O. The number of hydrogen-bond acceptors (Lipinski definition) is 7. The van der Waals surface area contributed by atoms with Crippen LogP contribution in [0.3, 0.4) is 0 Å². The minimum absolute atomic E-state index is 0.104. The van der Waals surface area contributed by atoms with E-state index < -0.39 is 5.97 Å². The molecule has 0 unspecified atom stereocenters. The third kappa shape index (κ3) is 3.99. The van der Waals surface area contributed by atoms with Gasteiger partial charge >= 0.3 is 5.97 Å². The normalized spacial score (nSPS) is 10.8. The van der Waals surface area contributed by atoms with Crippen LogP contribution in [0.1, 0.15) is 34.2 Å². The highest BCUT2D eigenvalue weighted by molar-refractivity contribution is 7.08. The highest BCUT2D eigenvalue weighted by atomic mass is 32.1. The fourth-order valence-electron chi connectivity index (χ4n) is 2.43. The Hall–Kier alpha value is -2.94. The van der Waals surface area contributed by atoms with Crippen LogP contribution in [0.15, 0.2) is 31.8 Å². The maximum Gasteiger partial charge on any atom is 0.339 e. The average molecular weight is 375 g/mol. The third-order valence-corrected chi connectivity index (χ3v) is 4.50. The first-order chi connectivity index (χ1) is 12.4. The van der Waals surface area contributed by atoms with Gasteiger partial charge in [0, 0.05) is 30.8 Å². The van der Waals surface area contributed by atoms with Crippen LogP contribution in [0.4, 0.5) is 0 Å². The molecule has 3 aromatic heterocycles. The molecule has 3 rings (SSSR count). The highest BCUT2D eigenvalue weighted by Crippen LogP contribution is 2.19. The molecular weight excluding hydrogens is 358 g/mol. The van der Waals surface area contributed by atoms with E-state index in [1.807, 2.05) is 16.8 Å². The number of hydrogen-bond donors (Lipinski definition) is 1. The second kappa shape index (κ2) is 7.52. The lowest BCUT2D eigenvalue weighted by Gasteiger charge is -2.14. The van der Waals surface area contributed by atoms with Gasteiger partial charge in [0.1, 0.15) is 17.1 Å². The third-order valence-electron chi connectivity index (χ3n) is 3.82. The van der Waals surface area contributed by atoms with Crippen LogP contribution in [0.25, 0.3) is 11.4 Å². The number of carbonyl (C=O) groups excluding carboxylic acids is 1. The van der Waals surface area contributed by atoms with Gasteiger partial charge in [-0.05, 0) is 24.4 Å². The van der Waals surface area contributed by atoms with Crippen LogP contribution < -0.4 is 0 Å². The van der Waals surface area contributed by atoms with E-state index in [9.17, 15) is 9.59 Å².